The third-order valence-electron chi connectivity index (χ3n) is 7.41. The molecule has 0 aromatic rings. The van der Waals surface area contributed by atoms with E-state index in [4.69, 9.17) is 1.37 Å². The van der Waals surface area contributed by atoms with Crippen LogP contribution in [-0.2, 0) is 9.59 Å². The number of Topliss-reactive ketones (excluding diaryl/α,β-unsaturated/α-hetero) is 1. The highest BCUT2D eigenvalue weighted by Gasteiger charge is 2.58. The molecule has 114 valence electrons. The fourth-order valence-corrected chi connectivity index (χ4v) is 6.15. The Bertz CT molecular complexity index is 566. The molecule has 4 aliphatic rings. The van der Waals surface area contributed by atoms with Gasteiger partial charge in [-0.3, -0.25) is 9.59 Å². The lowest BCUT2D eigenvalue weighted by atomic mass is 9.47. The predicted octanol–water partition coefficient (Wildman–Crippen LogP) is 4.09. The van der Waals surface area contributed by atoms with Gasteiger partial charge in [-0.25, -0.2) is 0 Å². The summed E-state index contributed by atoms with van der Waals surface area (Å²) in [6, 6.07) is 0. The average Bonchev–Trinajstić information content (AvgIpc) is 2.86. The van der Waals surface area contributed by atoms with Crippen molar-refractivity contribution in [1.29, 1.82) is 0 Å². The zero-order valence-electron chi connectivity index (χ0n) is 14.0. The second-order valence-electron chi connectivity index (χ2n) is 8.13. The lowest BCUT2D eigenvalue weighted by Crippen LogP contribution is -2.50. The van der Waals surface area contributed by atoms with Gasteiger partial charge in [0.15, 0.2) is 5.78 Å². The minimum Gasteiger partial charge on any atom is -0.299 e. The molecule has 0 bridgehead atoms. The summed E-state index contributed by atoms with van der Waals surface area (Å²) in [5, 5.41) is 0. The lowest BCUT2D eigenvalue weighted by Gasteiger charge is -2.56. The summed E-state index contributed by atoms with van der Waals surface area (Å²) in [5.41, 5.74) is 1.24. The average molecular weight is 287 g/mol. The first-order valence-electron chi connectivity index (χ1n) is 9.28. The van der Waals surface area contributed by atoms with Gasteiger partial charge in [-0.2, -0.15) is 0 Å². The predicted molar refractivity (Wildman–Crippen MR) is 81.7 cm³/mol. The van der Waals surface area contributed by atoms with Crippen molar-refractivity contribution < 1.29 is 11.0 Å². The van der Waals surface area contributed by atoms with Gasteiger partial charge in [-0.15, -0.1) is 0 Å². The standard InChI is InChI=1S/C19H26O2/c1-18-9-7-13(20)11-12(18)3-4-14-15-5-6-17(21)19(15,2)10-8-16(14)18/h11,14-16H,3-10H2,1-2H3/t14-,15-,16-,18-,19-/m0/s1/i2D. The maximum atomic E-state index is 12.5. The number of fused-ring (bicyclic) bond motifs is 5. The van der Waals surface area contributed by atoms with Crippen LogP contribution in [0.2, 0.25) is 0 Å². The largest absolute Gasteiger partial charge is 0.299 e. The van der Waals surface area contributed by atoms with E-state index in [2.05, 4.69) is 6.92 Å². The van der Waals surface area contributed by atoms with Crippen molar-refractivity contribution in [2.75, 3.05) is 0 Å². The number of ketones is 2. The van der Waals surface area contributed by atoms with Crippen molar-refractivity contribution in [3.63, 3.8) is 0 Å². The van der Waals surface area contributed by atoms with Crippen LogP contribution in [0.15, 0.2) is 11.6 Å². The Balaban J connectivity index is 1.70. The van der Waals surface area contributed by atoms with Gasteiger partial charge >= 0.3 is 0 Å². The van der Waals surface area contributed by atoms with E-state index < -0.39 is 0 Å². The van der Waals surface area contributed by atoms with Gasteiger partial charge in [0.1, 0.15) is 5.78 Å². The van der Waals surface area contributed by atoms with Crippen molar-refractivity contribution in [3.8, 4) is 0 Å². The zero-order valence-corrected chi connectivity index (χ0v) is 13.0. The molecule has 4 rings (SSSR count). The molecule has 0 amide bonds. The Morgan fingerprint density at radius 1 is 1.05 bits per heavy atom. The molecule has 0 radical (unpaired) electrons. The molecule has 0 spiro atoms. The van der Waals surface area contributed by atoms with E-state index in [1.165, 1.54) is 5.57 Å². The SMILES string of the molecule is [2H]C[C@]12CC[C@H]3[C@@H](CCC4=CC(=O)CC[C@@]43C)[C@@H]1CCC2=O. The number of carbonyl (C=O) groups excluding carboxylic acids is 2. The van der Waals surface area contributed by atoms with Crippen LogP contribution in [0, 0.1) is 28.6 Å². The smallest absolute Gasteiger partial charge is 0.155 e. The molecule has 3 fully saturated rings. The van der Waals surface area contributed by atoms with Crippen molar-refractivity contribution in [2.45, 2.75) is 65.2 Å². The lowest BCUT2D eigenvalue weighted by molar-refractivity contribution is -0.132. The van der Waals surface area contributed by atoms with Gasteiger partial charge in [-0.05, 0) is 67.8 Å². The minimum atomic E-state index is -0.316. The van der Waals surface area contributed by atoms with E-state index >= 15 is 0 Å². The molecule has 5 atom stereocenters. The van der Waals surface area contributed by atoms with Gasteiger partial charge in [0, 0.05) is 19.6 Å². The van der Waals surface area contributed by atoms with Crippen LogP contribution >= 0.6 is 0 Å². The van der Waals surface area contributed by atoms with Crippen molar-refractivity contribution in [1.82, 2.24) is 0 Å². The van der Waals surface area contributed by atoms with Crippen LogP contribution in [0.25, 0.3) is 0 Å². The van der Waals surface area contributed by atoms with Gasteiger partial charge in [0.25, 0.3) is 0 Å². The number of allylic oxidation sites excluding steroid dienone is 1. The molecule has 0 saturated heterocycles. The van der Waals surface area contributed by atoms with E-state index in [0.717, 1.165) is 38.5 Å². The van der Waals surface area contributed by atoms with Crippen LogP contribution < -0.4 is 0 Å². The third-order valence-corrected chi connectivity index (χ3v) is 7.41. The van der Waals surface area contributed by atoms with Crippen molar-refractivity contribution in [3.05, 3.63) is 11.6 Å². The summed E-state index contributed by atoms with van der Waals surface area (Å²) < 4.78 is 8.03. The number of hydrogen-bond acceptors (Lipinski definition) is 2. The normalized spacial score (nSPS) is 49.9. The van der Waals surface area contributed by atoms with Crippen LogP contribution in [0.1, 0.15) is 66.6 Å². The Labute approximate surface area is 128 Å². The molecule has 0 aromatic heterocycles. The topological polar surface area (TPSA) is 34.1 Å². The monoisotopic (exact) mass is 287 g/mol. The quantitative estimate of drug-likeness (QED) is 0.672. The summed E-state index contributed by atoms with van der Waals surface area (Å²) in [6.07, 6.45) is 9.47. The van der Waals surface area contributed by atoms with E-state index in [1.54, 1.807) is 0 Å². The highest BCUT2D eigenvalue weighted by Crippen LogP contribution is 2.64. The van der Waals surface area contributed by atoms with Crippen molar-refractivity contribution >= 4 is 11.6 Å². The number of rotatable bonds is 0. The molecule has 2 nitrogen and oxygen atoms in total. The molecule has 0 N–H and O–H groups in total. The first-order chi connectivity index (χ1) is 10.5. The van der Waals surface area contributed by atoms with Crippen LogP contribution in [0.4, 0.5) is 0 Å². The summed E-state index contributed by atoms with van der Waals surface area (Å²) in [5.74, 6) is 2.33. The van der Waals surface area contributed by atoms with E-state index in [9.17, 15) is 9.59 Å². The molecule has 3 saturated carbocycles. The van der Waals surface area contributed by atoms with E-state index in [1.807, 2.05) is 6.08 Å². The highest BCUT2D eigenvalue weighted by atomic mass is 16.1. The first kappa shape index (κ1) is 12.6. The maximum absolute atomic E-state index is 12.5. The highest BCUT2D eigenvalue weighted by molar-refractivity contribution is 5.91. The number of hydrogen-bond donors (Lipinski definition) is 0. The zero-order chi connectivity index (χ0) is 15.5. The maximum Gasteiger partial charge on any atom is 0.155 e. The van der Waals surface area contributed by atoms with Gasteiger partial charge in [-0.1, -0.05) is 19.4 Å². The Morgan fingerprint density at radius 3 is 2.67 bits per heavy atom. The van der Waals surface area contributed by atoms with Gasteiger partial charge in [0.2, 0.25) is 0 Å². The molecule has 0 aromatic carbocycles. The third kappa shape index (κ3) is 1.71. The molecule has 0 unspecified atom stereocenters. The minimum absolute atomic E-state index is 0.177. The summed E-state index contributed by atoms with van der Waals surface area (Å²) >= 11 is 0. The Kier molecular flexibility index (Phi) is 2.58. The van der Waals surface area contributed by atoms with Crippen LogP contribution in [0.5, 0.6) is 0 Å². The second-order valence-corrected chi connectivity index (χ2v) is 8.13. The fourth-order valence-electron chi connectivity index (χ4n) is 6.15. The number of carbonyl (C=O) groups is 2. The summed E-state index contributed by atoms with van der Waals surface area (Å²) in [4.78, 5) is 24.3. The van der Waals surface area contributed by atoms with Crippen molar-refractivity contribution in [2.24, 2.45) is 28.6 Å². The molecule has 4 aliphatic carbocycles. The molecule has 0 heterocycles. The Hall–Kier alpha value is -0.920. The van der Waals surface area contributed by atoms with E-state index in [0.29, 0.717) is 42.2 Å². The fraction of sp³-hybridized carbons (Fsp3) is 0.789. The molecule has 0 aliphatic heterocycles. The second kappa shape index (κ2) is 4.30. The Morgan fingerprint density at radius 2 is 1.86 bits per heavy atom. The van der Waals surface area contributed by atoms with Gasteiger partial charge < -0.3 is 0 Å². The van der Waals surface area contributed by atoms with Crippen LogP contribution in [-0.4, -0.2) is 11.6 Å². The molecule has 2 heteroatoms. The molecule has 21 heavy (non-hydrogen) atoms. The summed E-state index contributed by atoms with van der Waals surface area (Å²) in [7, 11) is 0. The van der Waals surface area contributed by atoms with E-state index in [-0.39, 0.29) is 17.7 Å². The first-order valence-corrected chi connectivity index (χ1v) is 8.58. The summed E-state index contributed by atoms with van der Waals surface area (Å²) in [6.45, 7) is 2.66. The molecular formula is C19H26O2. The molecular weight excluding hydrogens is 260 g/mol. The van der Waals surface area contributed by atoms with Crippen LogP contribution in [0.3, 0.4) is 0 Å². The van der Waals surface area contributed by atoms with Gasteiger partial charge in [0.05, 0.1) is 0 Å².